The molecule has 1 aromatic carbocycles. The maximum Gasteiger partial charge on any atom is 0.340 e. The number of carboxylic acids is 1. The lowest BCUT2D eigenvalue weighted by atomic mass is 9.42. The third kappa shape index (κ3) is 4.46. The molecule has 5 saturated carbocycles. The van der Waals surface area contributed by atoms with Crippen molar-refractivity contribution in [2.75, 3.05) is 60.6 Å². The number of carbonyl (C=O) groups is 3. The fourth-order valence-electron chi connectivity index (χ4n) is 12.8. The van der Waals surface area contributed by atoms with Crippen LogP contribution in [0.5, 0.6) is 0 Å². The number of likely N-dealkylation sites (N-methyl/N-ethyl adjacent to an activating group) is 1. The lowest BCUT2D eigenvalue weighted by Gasteiger charge is -2.70. The predicted molar refractivity (Wildman–Crippen MR) is 178 cm³/mol. The molecule has 1 saturated heterocycles. The molecule has 50 heavy (non-hydrogen) atoms. The van der Waals surface area contributed by atoms with E-state index in [0.717, 1.165) is 12.8 Å². The summed E-state index contributed by atoms with van der Waals surface area (Å²) in [5, 5.41) is 25.4. The number of ether oxygens (including phenoxy) is 6. The van der Waals surface area contributed by atoms with E-state index in [2.05, 4.69) is 17.1 Å². The number of hydrogen-bond acceptors (Lipinski definition) is 11. The van der Waals surface area contributed by atoms with Gasteiger partial charge in [0.25, 0.3) is 0 Å². The lowest BCUT2D eigenvalue weighted by Crippen LogP contribution is -2.82. The zero-order valence-corrected chi connectivity index (χ0v) is 29.9. The molecule has 7 bridgehead atoms. The molecule has 6 aliphatic rings. The maximum absolute atomic E-state index is 13.9. The van der Waals surface area contributed by atoms with Crippen LogP contribution in [-0.4, -0.2) is 130 Å². The smallest absolute Gasteiger partial charge is 0.340 e. The Kier molecular flexibility index (Phi) is 9.14. The molecule has 7 rings (SSSR count). The van der Waals surface area contributed by atoms with Gasteiger partial charge in [-0.3, -0.25) is 14.5 Å². The Labute approximate surface area is 293 Å². The Morgan fingerprint density at radius 3 is 2.42 bits per heavy atom. The largest absolute Gasteiger partial charge is 0.481 e. The molecule has 0 radical (unpaired) electrons. The minimum Gasteiger partial charge on any atom is -0.481 e. The third-order valence-corrected chi connectivity index (χ3v) is 14.1. The number of aliphatic hydroxyl groups is 1. The first kappa shape index (κ1) is 35.7. The molecule has 3 N–H and O–H groups in total. The zero-order valence-electron chi connectivity index (χ0n) is 29.9. The second-order valence-corrected chi connectivity index (χ2v) is 15.4. The van der Waals surface area contributed by atoms with Crippen molar-refractivity contribution < 1.29 is 53.0 Å². The van der Waals surface area contributed by atoms with Crippen LogP contribution in [-0.2, 0) is 38.0 Å². The summed E-state index contributed by atoms with van der Waals surface area (Å²) in [4.78, 5) is 39.8. The predicted octanol–water partition coefficient (Wildman–Crippen LogP) is 2.59. The minimum atomic E-state index is -1.47. The van der Waals surface area contributed by atoms with Crippen LogP contribution in [0.3, 0.4) is 0 Å². The van der Waals surface area contributed by atoms with Gasteiger partial charge in [-0.15, -0.1) is 0 Å². The van der Waals surface area contributed by atoms with Crippen molar-refractivity contribution in [3.63, 3.8) is 0 Å². The van der Waals surface area contributed by atoms with E-state index in [-0.39, 0.29) is 78.7 Å². The van der Waals surface area contributed by atoms with Crippen LogP contribution in [0.1, 0.15) is 55.8 Å². The number of anilines is 1. The van der Waals surface area contributed by atoms with E-state index in [4.69, 9.17) is 33.5 Å². The molecule has 1 spiro atoms. The summed E-state index contributed by atoms with van der Waals surface area (Å²) in [7, 11) is 8.61. The number of hydrogen-bond donors (Lipinski definition) is 3. The number of nitrogens with zero attached hydrogens (tertiary/aromatic N) is 1. The second kappa shape index (κ2) is 12.8. The van der Waals surface area contributed by atoms with Crippen molar-refractivity contribution in [2.45, 2.75) is 87.1 Å². The minimum absolute atomic E-state index is 0.0457. The van der Waals surface area contributed by atoms with E-state index in [9.17, 15) is 19.5 Å². The average Bonchev–Trinajstić information content (AvgIpc) is 3.52. The Morgan fingerprint density at radius 2 is 1.78 bits per heavy atom. The summed E-state index contributed by atoms with van der Waals surface area (Å²) in [6, 6.07) is 6.23. The van der Waals surface area contributed by atoms with Crippen molar-refractivity contribution in [2.24, 2.45) is 34.5 Å². The number of para-hydroxylation sites is 1. The van der Waals surface area contributed by atoms with E-state index in [1.165, 1.54) is 0 Å². The van der Waals surface area contributed by atoms with E-state index >= 15 is 0 Å². The van der Waals surface area contributed by atoms with Crippen molar-refractivity contribution in [1.29, 1.82) is 0 Å². The van der Waals surface area contributed by atoms with Crippen LogP contribution in [0.15, 0.2) is 24.3 Å². The molecular weight excluding hydrogens is 648 g/mol. The zero-order chi connectivity index (χ0) is 35.8. The van der Waals surface area contributed by atoms with Gasteiger partial charge in [-0.25, -0.2) is 4.79 Å². The third-order valence-electron chi connectivity index (χ3n) is 14.1. The number of carbonyl (C=O) groups excluding carboxylic acids is 2. The quantitative estimate of drug-likeness (QED) is 0.259. The van der Waals surface area contributed by atoms with Gasteiger partial charge >= 0.3 is 11.9 Å². The van der Waals surface area contributed by atoms with Crippen molar-refractivity contribution in [1.82, 2.24) is 4.90 Å². The highest BCUT2D eigenvalue weighted by molar-refractivity contribution is 6.01. The van der Waals surface area contributed by atoms with Gasteiger partial charge in [0.2, 0.25) is 5.91 Å². The van der Waals surface area contributed by atoms with Gasteiger partial charge in [-0.1, -0.05) is 19.1 Å². The van der Waals surface area contributed by atoms with E-state index < -0.39 is 46.0 Å². The number of fused-ring (bicyclic) bond motifs is 2. The molecule has 13 nitrogen and oxygen atoms in total. The molecule has 1 heterocycles. The first-order chi connectivity index (χ1) is 24.0. The number of carboxylic acid groups (broad SMARTS) is 1. The van der Waals surface area contributed by atoms with Crippen molar-refractivity contribution in [3.8, 4) is 0 Å². The number of benzene rings is 1. The summed E-state index contributed by atoms with van der Waals surface area (Å²) in [6.07, 6.45) is 0.980. The molecule has 276 valence electrons. The average molecular weight is 701 g/mol. The Morgan fingerprint density at radius 1 is 1.02 bits per heavy atom. The summed E-state index contributed by atoms with van der Waals surface area (Å²) in [5.74, 6) is -2.39. The summed E-state index contributed by atoms with van der Waals surface area (Å²) in [6.45, 7) is 3.42. The molecule has 13 atom stereocenters. The number of nitrogens with one attached hydrogen (secondary N) is 1. The SMILES string of the molecule is CCN1C[C@]2(COC(=O)c3ccccc3NC(=O)CCC(=O)O)CC[C@H](OC)[C@]34[C@@H]5C[C@@H]6[C@@H](OC)[C@@H]5[C@](OC)(C[C@@H]6OC)[C@@](O)([C@@H](OC)[C@H]23)[C@@H]14. The Balaban J connectivity index is 1.31. The van der Waals surface area contributed by atoms with Crippen LogP contribution in [0.4, 0.5) is 5.69 Å². The van der Waals surface area contributed by atoms with Crippen LogP contribution >= 0.6 is 0 Å². The number of esters is 1. The van der Waals surface area contributed by atoms with E-state index in [0.29, 0.717) is 25.9 Å². The summed E-state index contributed by atoms with van der Waals surface area (Å²) in [5.41, 5.74) is -3.23. The molecule has 1 aromatic rings. The number of likely N-dealkylation sites (tertiary alicyclic amines) is 1. The van der Waals surface area contributed by atoms with E-state index in [1.807, 2.05) is 0 Å². The second-order valence-electron chi connectivity index (χ2n) is 15.4. The number of methoxy groups -OCH3 is 5. The number of amides is 1. The number of rotatable bonds is 13. The summed E-state index contributed by atoms with van der Waals surface area (Å²) >= 11 is 0. The number of aliphatic carboxylic acids is 1. The molecule has 1 amide bonds. The van der Waals surface area contributed by atoms with Crippen LogP contribution in [0, 0.1) is 34.5 Å². The Bertz CT molecular complexity index is 1510. The fourth-order valence-corrected chi connectivity index (χ4v) is 12.8. The summed E-state index contributed by atoms with van der Waals surface area (Å²) < 4.78 is 38.4. The van der Waals surface area contributed by atoms with Crippen LogP contribution in [0.25, 0.3) is 0 Å². The highest BCUT2D eigenvalue weighted by Gasteiger charge is 2.92. The van der Waals surface area contributed by atoms with Crippen LogP contribution < -0.4 is 5.32 Å². The van der Waals surface area contributed by atoms with Gasteiger partial charge in [0.15, 0.2) is 0 Å². The molecule has 5 aliphatic carbocycles. The molecule has 1 aliphatic heterocycles. The normalized spacial score (nSPS) is 43.8. The number of piperidine rings is 1. The fraction of sp³-hybridized carbons (Fsp3) is 0.757. The molecule has 0 aromatic heterocycles. The van der Waals surface area contributed by atoms with Gasteiger partial charge in [0.1, 0.15) is 11.2 Å². The highest BCUT2D eigenvalue weighted by Crippen LogP contribution is 2.81. The van der Waals surface area contributed by atoms with Crippen molar-refractivity contribution in [3.05, 3.63) is 29.8 Å². The maximum atomic E-state index is 13.9. The van der Waals surface area contributed by atoms with Gasteiger partial charge in [0, 0.05) is 83.5 Å². The van der Waals surface area contributed by atoms with Crippen LogP contribution in [0.2, 0.25) is 0 Å². The molecule has 6 fully saturated rings. The van der Waals surface area contributed by atoms with Crippen molar-refractivity contribution >= 4 is 23.5 Å². The van der Waals surface area contributed by atoms with Gasteiger partial charge < -0.3 is 44.0 Å². The first-order valence-corrected chi connectivity index (χ1v) is 17.9. The Hall–Kier alpha value is -2.65. The first-order valence-electron chi connectivity index (χ1n) is 17.9. The van der Waals surface area contributed by atoms with E-state index in [1.54, 1.807) is 59.8 Å². The highest BCUT2D eigenvalue weighted by atomic mass is 16.6. The van der Waals surface area contributed by atoms with Gasteiger partial charge in [-0.2, -0.15) is 0 Å². The standard InChI is InChI=1S/C37H52N2O11/c1-7-39-18-34(19-50-32(43)20-10-8-9-11-23(20)38-26(40)12-13-27(41)42)15-14-25(46-3)36-22-16-21-24(45-2)17-35(49-6,28(22)29(21)47-4)37(44,33(36)39)31(48-5)30(34)36/h8-11,21-22,24-25,28-31,33,44H,7,12-19H2,1-6H3,(H,38,40)(H,41,42)/t21-,22+,24-,25-,28+,29+,30+,31-,33-,34-,35+,36+,37+/m0/s1. The topological polar surface area (TPSA) is 162 Å². The van der Waals surface area contributed by atoms with Gasteiger partial charge in [0.05, 0.1) is 54.7 Å². The molecular formula is C37H52N2O11. The monoisotopic (exact) mass is 700 g/mol. The molecule has 0 unspecified atom stereocenters. The molecule has 13 heteroatoms. The lowest BCUT2D eigenvalue weighted by molar-refractivity contribution is -0.326. The van der Waals surface area contributed by atoms with Gasteiger partial charge in [-0.05, 0) is 43.9 Å².